The summed E-state index contributed by atoms with van der Waals surface area (Å²) in [5.74, 6) is 0. The number of ether oxygens (including phenoxy) is 2. The molecule has 0 fully saturated rings. The van der Waals surface area contributed by atoms with Gasteiger partial charge in [0.05, 0.1) is 31.5 Å². The van der Waals surface area contributed by atoms with Gasteiger partial charge in [-0.2, -0.15) is 10.2 Å². The molecule has 1 aromatic rings. The standard InChI is InChI=1S/C23H26N6O4/c1-7-28(8-2)17-11-12-18(16(5)13-17)27-20(15-25)21(19(14-24)26-6)29(22(30)32-9-3)23(31)33-10-4/h11-13H,7-10H2,1-5H3. The summed E-state index contributed by atoms with van der Waals surface area (Å²) in [5, 5.41) is 19.3. The minimum Gasteiger partial charge on any atom is -0.449 e. The molecule has 33 heavy (non-hydrogen) atoms. The topological polar surface area (TPSA) is 123 Å². The first kappa shape index (κ1) is 26.7. The zero-order chi connectivity index (χ0) is 25.0. The van der Waals surface area contributed by atoms with E-state index in [0.717, 1.165) is 18.8 Å². The van der Waals surface area contributed by atoms with E-state index in [-0.39, 0.29) is 13.2 Å². The van der Waals surface area contributed by atoms with Gasteiger partial charge in [0, 0.05) is 18.8 Å². The van der Waals surface area contributed by atoms with Crippen LogP contribution in [0.5, 0.6) is 0 Å². The van der Waals surface area contributed by atoms with Crippen LogP contribution in [0.2, 0.25) is 0 Å². The molecule has 0 aliphatic heterocycles. The summed E-state index contributed by atoms with van der Waals surface area (Å²) >= 11 is 0. The molecule has 0 aromatic heterocycles. The Morgan fingerprint density at radius 2 is 1.64 bits per heavy atom. The van der Waals surface area contributed by atoms with Crippen LogP contribution in [0.25, 0.3) is 4.85 Å². The summed E-state index contributed by atoms with van der Waals surface area (Å²) in [7, 11) is 0. The van der Waals surface area contributed by atoms with E-state index in [1.165, 1.54) is 13.8 Å². The van der Waals surface area contributed by atoms with Crippen LogP contribution < -0.4 is 4.90 Å². The minimum absolute atomic E-state index is 0.0904. The zero-order valence-corrected chi connectivity index (χ0v) is 19.4. The van der Waals surface area contributed by atoms with Crippen molar-refractivity contribution in [3.05, 3.63) is 46.6 Å². The van der Waals surface area contributed by atoms with E-state index in [9.17, 15) is 20.1 Å². The van der Waals surface area contributed by atoms with E-state index in [0.29, 0.717) is 16.2 Å². The smallest absolute Gasteiger partial charge is 0.422 e. The monoisotopic (exact) mass is 450 g/mol. The van der Waals surface area contributed by atoms with Gasteiger partial charge in [-0.25, -0.2) is 24.7 Å². The second-order valence-electron chi connectivity index (χ2n) is 6.37. The van der Waals surface area contributed by atoms with Gasteiger partial charge in [-0.1, -0.05) is 0 Å². The average molecular weight is 450 g/mol. The highest BCUT2D eigenvalue weighted by Gasteiger charge is 2.34. The number of carbonyl (C=O) groups excluding carboxylic acids is 2. The highest BCUT2D eigenvalue weighted by molar-refractivity contribution is 6.17. The van der Waals surface area contributed by atoms with E-state index in [4.69, 9.17) is 16.0 Å². The number of hydrogen-bond acceptors (Lipinski definition) is 8. The lowest BCUT2D eigenvalue weighted by molar-refractivity contribution is 0.0935. The molecule has 10 nitrogen and oxygen atoms in total. The number of hydrogen-bond donors (Lipinski definition) is 0. The Bertz CT molecular complexity index is 1030. The van der Waals surface area contributed by atoms with Crippen molar-refractivity contribution in [2.45, 2.75) is 34.6 Å². The highest BCUT2D eigenvalue weighted by atomic mass is 16.6. The molecule has 1 aromatic carbocycles. The molecule has 0 heterocycles. The van der Waals surface area contributed by atoms with Gasteiger partial charge in [-0.05, 0) is 58.4 Å². The molecule has 1 rings (SSSR count). The number of amides is 2. The van der Waals surface area contributed by atoms with Crippen molar-refractivity contribution in [1.82, 2.24) is 4.90 Å². The Labute approximate surface area is 193 Å². The number of rotatable bonds is 8. The summed E-state index contributed by atoms with van der Waals surface area (Å²) in [4.78, 5) is 34.9. The van der Waals surface area contributed by atoms with Crippen molar-refractivity contribution in [1.29, 1.82) is 10.5 Å². The van der Waals surface area contributed by atoms with Crippen LogP contribution in [0.3, 0.4) is 0 Å². The van der Waals surface area contributed by atoms with Gasteiger partial charge >= 0.3 is 12.2 Å². The third-order valence-electron chi connectivity index (χ3n) is 4.44. The molecule has 2 amide bonds. The molecule has 0 saturated carbocycles. The number of carbonyl (C=O) groups is 2. The number of aryl methyl sites for hydroxylation is 1. The van der Waals surface area contributed by atoms with Crippen molar-refractivity contribution in [3.8, 4) is 12.1 Å². The second-order valence-corrected chi connectivity index (χ2v) is 6.37. The van der Waals surface area contributed by atoms with Gasteiger partial charge in [0.1, 0.15) is 11.8 Å². The number of anilines is 1. The van der Waals surface area contributed by atoms with Gasteiger partial charge in [0.25, 0.3) is 5.70 Å². The normalized spacial score (nSPS) is 11.3. The number of benzene rings is 1. The van der Waals surface area contributed by atoms with Gasteiger partial charge < -0.3 is 14.4 Å². The fraction of sp³-hybridized carbons (Fsp3) is 0.391. The third kappa shape index (κ3) is 6.56. The largest absolute Gasteiger partial charge is 0.449 e. The Morgan fingerprint density at radius 1 is 1.06 bits per heavy atom. The van der Waals surface area contributed by atoms with Gasteiger partial charge in [-0.3, -0.25) is 0 Å². The Kier molecular flexibility index (Phi) is 10.6. The van der Waals surface area contributed by atoms with Crippen LogP contribution in [-0.4, -0.2) is 49.1 Å². The van der Waals surface area contributed by atoms with E-state index in [2.05, 4.69) is 14.7 Å². The third-order valence-corrected chi connectivity index (χ3v) is 4.44. The maximum Gasteiger partial charge on any atom is 0.422 e. The molecule has 0 N–H and O–H groups in total. The van der Waals surface area contributed by atoms with E-state index < -0.39 is 29.3 Å². The molecular formula is C23H26N6O4. The highest BCUT2D eigenvalue weighted by Crippen LogP contribution is 2.27. The number of imide groups is 1. The molecule has 0 aliphatic carbocycles. The predicted octanol–water partition coefficient (Wildman–Crippen LogP) is 4.71. The van der Waals surface area contributed by atoms with Crippen molar-refractivity contribution < 1.29 is 19.1 Å². The fourth-order valence-corrected chi connectivity index (χ4v) is 2.89. The van der Waals surface area contributed by atoms with Crippen LogP contribution in [-0.2, 0) is 9.47 Å². The Balaban J connectivity index is 3.76. The average Bonchev–Trinajstić information content (AvgIpc) is 2.80. The van der Waals surface area contributed by atoms with E-state index in [1.54, 1.807) is 25.1 Å². The van der Waals surface area contributed by atoms with Crippen molar-refractivity contribution >= 4 is 29.3 Å². The molecule has 0 bridgehead atoms. The summed E-state index contributed by atoms with van der Waals surface area (Å²) in [6.45, 7) is 17.6. The minimum atomic E-state index is -1.20. The van der Waals surface area contributed by atoms with E-state index in [1.807, 2.05) is 26.0 Å². The SMILES string of the molecule is [C-]#[N+]C(C#N)=C(C(C#N)=Nc1ccc(N(CC)CC)cc1C)N(C(=O)OCC)C(=O)OCC. The molecule has 0 spiro atoms. The lowest BCUT2D eigenvalue weighted by Crippen LogP contribution is -2.40. The van der Waals surface area contributed by atoms with Crippen LogP contribution in [0, 0.1) is 36.2 Å². The molecule has 0 atom stereocenters. The summed E-state index contributed by atoms with van der Waals surface area (Å²) in [5.41, 5.74) is 0.279. The number of allylic oxidation sites excluding steroid dienone is 2. The first-order chi connectivity index (χ1) is 15.8. The van der Waals surface area contributed by atoms with Crippen molar-refractivity contribution in [3.63, 3.8) is 0 Å². The van der Waals surface area contributed by atoms with E-state index >= 15 is 0 Å². The first-order valence-corrected chi connectivity index (χ1v) is 10.3. The van der Waals surface area contributed by atoms with Gasteiger partial charge in [-0.15, -0.1) is 0 Å². The molecule has 172 valence electrons. The second kappa shape index (κ2) is 13.1. The summed E-state index contributed by atoms with van der Waals surface area (Å²) in [6, 6.07) is 8.80. The fourth-order valence-electron chi connectivity index (χ4n) is 2.89. The Hall–Kier alpha value is -4.36. The number of nitrogens with zero attached hydrogens (tertiary/aromatic N) is 6. The van der Waals surface area contributed by atoms with Crippen LogP contribution >= 0.6 is 0 Å². The lowest BCUT2D eigenvalue weighted by Gasteiger charge is -2.22. The maximum absolute atomic E-state index is 12.5. The molecule has 0 unspecified atom stereocenters. The molecular weight excluding hydrogens is 424 g/mol. The lowest BCUT2D eigenvalue weighted by atomic mass is 10.1. The van der Waals surface area contributed by atoms with Crippen molar-refractivity contribution in [2.75, 3.05) is 31.2 Å². The quantitative estimate of drug-likeness (QED) is 0.319. The van der Waals surface area contributed by atoms with Crippen molar-refractivity contribution in [2.24, 2.45) is 4.99 Å². The molecule has 10 heteroatoms. The predicted molar refractivity (Wildman–Crippen MR) is 123 cm³/mol. The van der Waals surface area contributed by atoms with Crippen LogP contribution in [0.4, 0.5) is 21.0 Å². The van der Waals surface area contributed by atoms with Crippen LogP contribution in [0.1, 0.15) is 33.3 Å². The van der Waals surface area contributed by atoms with Gasteiger partial charge in [0.15, 0.2) is 5.71 Å². The number of nitriles is 2. The summed E-state index contributed by atoms with van der Waals surface area (Å²) < 4.78 is 9.79. The van der Waals surface area contributed by atoms with Gasteiger partial charge in [0.2, 0.25) is 0 Å². The van der Waals surface area contributed by atoms with Crippen LogP contribution in [0.15, 0.2) is 34.6 Å². The molecule has 0 radical (unpaired) electrons. The molecule has 0 aliphatic rings. The maximum atomic E-state index is 12.5. The summed E-state index contributed by atoms with van der Waals surface area (Å²) in [6.07, 6.45) is -2.39. The molecule has 0 saturated heterocycles. The Morgan fingerprint density at radius 3 is 2.03 bits per heavy atom. The zero-order valence-electron chi connectivity index (χ0n) is 19.4. The first-order valence-electron chi connectivity index (χ1n) is 10.3. The number of aliphatic imine (C=N–C) groups is 1.